The van der Waals surface area contributed by atoms with E-state index in [1.54, 1.807) is 0 Å². The predicted molar refractivity (Wildman–Crippen MR) is 81.0 cm³/mol. The molecule has 5 nitrogen and oxygen atoms in total. The van der Waals surface area contributed by atoms with Crippen LogP contribution in [0.15, 0.2) is 24.3 Å². The van der Waals surface area contributed by atoms with Gasteiger partial charge in [-0.05, 0) is 37.1 Å². The third-order valence-electron chi connectivity index (χ3n) is 3.82. The zero-order valence-electron chi connectivity index (χ0n) is 12.6. The van der Waals surface area contributed by atoms with Crippen LogP contribution in [0.25, 0.3) is 0 Å². The Labute approximate surface area is 125 Å². The molecule has 1 aromatic carbocycles. The second kappa shape index (κ2) is 7.22. The smallest absolute Gasteiger partial charge is 0.310 e. The number of carbonyl (C=O) groups excluding carboxylic acids is 2. The van der Waals surface area contributed by atoms with Gasteiger partial charge in [-0.1, -0.05) is 19.1 Å². The van der Waals surface area contributed by atoms with E-state index in [1.807, 2.05) is 29.2 Å². The summed E-state index contributed by atoms with van der Waals surface area (Å²) in [5, 5.41) is 2.88. The van der Waals surface area contributed by atoms with E-state index in [9.17, 15) is 9.59 Å². The molecule has 1 N–H and O–H groups in total. The van der Waals surface area contributed by atoms with Crippen molar-refractivity contribution >= 4 is 17.6 Å². The van der Waals surface area contributed by atoms with Gasteiger partial charge in [-0.15, -0.1) is 0 Å². The monoisotopic (exact) mass is 290 g/mol. The number of methoxy groups -OCH3 is 1. The van der Waals surface area contributed by atoms with Crippen molar-refractivity contribution in [1.82, 2.24) is 4.90 Å². The molecule has 1 fully saturated rings. The Bertz CT molecular complexity index is 499. The summed E-state index contributed by atoms with van der Waals surface area (Å²) in [4.78, 5) is 25.4. The second-order valence-electron chi connectivity index (χ2n) is 5.34. The van der Waals surface area contributed by atoms with Crippen molar-refractivity contribution < 1.29 is 14.3 Å². The average molecular weight is 290 g/mol. The van der Waals surface area contributed by atoms with Crippen molar-refractivity contribution in [2.24, 2.45) is 5.92 Å². The van der Waals surface area contributed by atoms with E-state index in [0.29, 0.717) is 13.1 Å². The molecular formula is C16H22N2O3. The Morgan fingerprint density at radius 3 is 2.67 bits per heavy atom. The maximum absolute atomic E-state index is 12.0. The van der Waals surface area contributed by atoms with Crippen LogP contribution in [0.2, 0.25) is 0 Å². The summed E-state index contributed by atoms with van der Waals surface area (Å²) in [6.07, 6.45) is 1.74. The second-order valence-corrected chi connectivity index (χ2v) is 5.34. The molecule has 1 aliphatic heterocycles. The Morgan fingerprint density at radius 2 is 2.05 bits per heavy atom. The third kappa shape index (κ3) is 4.29. The molecule has 0 saturated carbocycles. The van der Waals surface area contributed by atoms with E-state index in [2.05, 4.69) is 12.2 Å². The van der Waals surface area contributed by atoms with E-state index in [0.717, 1.165) is 25.1 Å². The first kappa shape index (κ1) is 15.5. The number of benzene rings is 1. The molecule has 1 heterocycles. The van der Waals surface area contributed by atoms with E-state index in [1.165, 1.54) is 12.7 Å². The lowest BCUT2D eigenvalue weighted by atomic mass is 10.1. The number of carbonyl (C=O) groups is 2. The number of ether oxygens (including phenoxy) is 1. The van der Waals surface area contributed by atoms with Crippen molar-refractivity contribution in [1.29, 1.82) is 0 Å². The van der Waals surface area contributed by atoms with Gasteiger partial charge < -0.3 is 10.1 Å². The minimum absolute atomic E-state index is 0.0511. The number of rotatable bonds is 5. The summed E-state index contributed by atoms with van der Waals surface area (Å²) < 4.78 is 4.74. The predicted octanol–water partition coefficient (Wildman–Crippen LogP) is 1.68. The Kier molecular flexibility index (Phi) is 5.33. The lowest BCUT2D eigenvalue weighted by Crippen LogP contribution is -2.32. The Morgan fingerprint density at radius 1 is 1.33 bits per heavy atom. The highest BCUT2D eigenvalue weighted by Gasteiger charge is 2.29. The SMILES string of the molecule is CCc1ccc(NC(=O)CN2CCC(C(=O)OC)C2)cc1. The first-order valence-corrected chi connectivity index (χ1v) is 7.31. The van der Waals surface area contributed by atoms with Gasteiger partial charge in [0.1, 0.15) is 0 Å². The molecule has 1 saturated heterocycles. The number of hydrogen-bond donors (Lipinski definition) is 1. The van der Waals surface area contributed by atoms with Gasteiger partial charge in [0.05, 0.1) is 19.6 Å². The maximum atomic E-state index is 12.0. The van der Waals surface area contributed by atoms with E-state index in [-0.39, 0.29) is 17.8 Å². The van der Waals surface area contributed by atoms with Crippen LogP contribution in [0.4, 0.5) is 5.69 Å². The van der Waals surface area contributed by atoms with Gasteiger partial charge in [-0.2, -0.15) is 0 Å². The molecule has 0 radical (unpaired) electrons. The lowest BCUT2D eigenvalue weighted by Gasteiger charge is -2.15. The molecule has 0 aliphatic carbocycles. The molecule has 1 atom stereocenters. The third-order valence-corrected chi connectivity index (χ3v) is 3.82. The van der Waals surface area contributed by atoms with Gasteiger partial charge in [0.15, 0.2) is 0 Å². The minimum atomic E-state index is -0.187. The van der Waals surface area contributed by atoms with Crippen LogP contribution in [0, 0.1) is 5.92 Å². The Balaban J connectivity index is 1.81. The zero-order chi connectivity index (χ0) is 15.2. The molecule has 0 aromatic heterocycles. The van der Waals surface area contributed by atoms with Crippen LogP contribution in [0.5, 0.6) is 0 Å². The average Bonchev–Trinajstić information content (AvgIpc) is 2.95. The number of amides is 1. The van der Waals surface area contributed by atoms with Crippen LogP contribution in [0.3, 0.4) is 0 Å². The molecule has 1 unspecified atom stereocenters. The van der Waals surface area contributed by atoms with Crippen LogP contribution in [0.1, 0.15) is 18.9 Å². The zero-order valence-corrected chi connectivity index (χ0v) is 12.6. The van der Waals surface area contributed by atoms with Crippen molar-refractivity contribution in [3.05, 3.63) is 29.8 Å². The number of anilines is 1. The van der Waals surface area contributed by atoms with Crippen LogP contribution >= 0.6 is 0 Å². The fraction of sp³-hybridized carbons (Fsp3) is 0.500. The summed E-state index contributed by atoms with van der Waals surface area (Å²) in [5.41, 5.74) is 2.05. The van der Waals surface area contributed by atoms with Gasteiger partial charge in [0, 0.05) is 12.2 Å². The quantitative estimate of drug-likeness (QED) is 0.838. The topological polar surface area (TPSA) is 58.6 Å². The number of likely N-dealkylation sites (tertiary alicyclic amines) is 1. The van der Waals surface area contributed by atoms with Crippen molar-refractivity contribution in [3.63, 3.8) is 0 Å². The Hall–Kier alpha value is -1.88. The molecule has 5 heteroatoms. The number of hydrogen-bond acceptors (Lipinski definition) is 4. The number of esters is 1. The van der Waals surface area contributed by atoms with Crippen LogP contribution in [-0.2, 0) is 20.7 Å². The van der Waals surface area contributed by atoms with Crippen molar-refractivity contribution in [2.75, 3.05) is 32.1 Å². The molecule has 1 amide bonds. The van der Waals surface area contributed by atoms with E-state index < -0.39 is 0 Å². The lowest BCUT2D eigenvalue weighted by molar-refractivity contribution is -0.145. The summed E-state index contributed by atoms with van der Waals surface area (Å²) >= 11 is 0. The minimum Gasteiger partial charge on any atom is -0.469 e. The largest absolute Gasteiger partial charge is 0.469 e. The highest BCUT2D eigenvalue weighted by atomic mass is 16.5. The van der Waals surface area contributed by atoms with Gasteiger partial charge in [0.25, 0.3) is 0 Å². The van der Waals surface area contributed by atoms with Crippen LogP contribution < -0.4 is 5.32 Å². The van der Waals surface area contributed by atoms with Gasteiger partial charge in [0.2, 0.25) is 5.91 Å². The highest BCUT2D eigenvalue weighted by molar-refractivity contribution is 5.92. The van der Waals surface area contributed by atoms with Gasteiger partial charge in [-0.3, -0.25) is 14.5 Å². The molecule has 114 valence electrons. The fourth-order valence-electron chi connectivity index (χ4n) is 2.56. The summed E-state index contributed by atoms with van der Waals surface area (Å²) in [6.45, 7) is 3.75. The maximum Gasteiger partial charge on any atom is 0.310 e. The van der Waals surface area contributed by atoms with Crippen molar-refractivity contribution in [2.45, 2.75) is 19.8 Å². The van der Waals surface area contributed by atoms with Crippen molar-refractivity contribution in [3.8, 4) is 0 Å². The number of nitrogens with one attached hydrogen (secondary N) is 1. The molecule has 0 bridgehead atoms. The first-order valence-electron chi connectivity index (χ1n) is 7.31. The van der Waals surface area contributed by atoms with Gasteiger partial charge >= 0.3 is 5.97 Å². The summed E-state index contributed by atoms with van der Waals surface area (Å²) in [5.74, 6) is -0.343. The fourth-order valence-corrected chi connectivity index (χ4v) is 2.56. The van der Waals surface area contributed by atoms with E-state index in [4.69, 9.17) is 4.74 Å². The molecule has 21 heavy (non-hydrogen) atoms. The standard InChI is InChI=1S/C16H22N2O3/c1-3-12-4-6-14(7-5-12)17-15(19)11-18-9-8-13(10-18)16(20)21-2/h4-7,13H,3,8-11H2,1-2H3,(H,17,19). The summed E-state index contributed by atoms with van der Waals surface area (Å²) in [7, 11) is 1.40. The van der Waals surface area contributed by atoms with E-state index >= 15 is 0 Å². The highest BCUT2D eigenvalue weighted by Crippen LogP contribution is 2.17. The van der Waals surface area contributed by atoms with Gasteiger partial charge in [-0.25, -0.2) is 0 Å². The number of nitrogens with zero attached hydrogens (tertiary/aromatic N) is 1. The first-order chi connectivity index (χ1) is 10.1. The normalized spacial score (nSPS) is 18.5. The molecular weight excluding hydrogens is 268 g/mol. The molecule has 1 aromatic rings. The summed E-state index contributed by atoms with van der Waals surface area (Å²) in [6, 6.07) is 7.85. The van der Waals surface area contributed by atoms with Crippen LogP contribution in [-0.4, -0.2) is 43.5 Å². The molecule has 0 spiro atoms. The molecule has 2 rings (SSSR count). The molecule has 1 aliphatic rings. The number of aryl methyl sites for hydroxylation is 1.